The number of esters is 1. The summed E-state index contributed by atoms with van der Waals surface area (Å²) in [5.74, 6) is -13.9. The predicted octanol–water partition coefficient (Wildman–Crippen LogP) is 2.14. The van der Waals surface area contributed by atoms with Crippen molar-refractivity contribution in [3.05, 3.63) is 29.1 Å². The van der Waals surface area contributed by atoms with E-state index in [0.717, 1.165) is 0 Å². The normalized spacial score (nSPS) is 19.2. The lowest BCUT2D eigenvalue weighted by molar-refractivity contribution is -0.149. The number of hydrogen-bond acceptors (Lipinski definition) is 6. The molecule has 0 aliphatic carbocycles. The van der Waals surface area contributed by atoms with Crippen molar-refractivity contribution >= 4 is 18.0 Å². The third kappa shape index (κ3) is 4.41. The molecule has 0 bridgehead atoms. The van der Waals surface area contributed by atoms with Crippen molar-refractivity contribution in [2.75, 3.05) is 32.9 Å². The maximum Gasteiger partial charge on any atom is 0.410 e. The molecule has 2 fully saturated rings. The molecular formula is C19H19F5N2O6. The zero-order valence-corrected chi connectivity index (χ0v) is 16.8. The van der Waals surface area contributed by atoms with Crippen molar-refractivity contribution < 1.29 is 50.5 Å². The van der Waals surface area contributed by atoms with Crippen molar-refractivity contribution in [2.45, 2.75) is 31.8 Å². The molecule has 2 saturated heterocycles. The van der Waals surface area contributed by atoms with Crippen LogP contribution in [0.2, 0.25) is 0 Å². The van der Waals surface area contributed by atoms with Gasteiger partial charge in [-0.2, -0.15) is 8.78 Å². The lowest BCUT2D eigenvalue weighted by Gasteiger charge is -2.37. The van der Waals surface area contributed by atoms with Gasteiger partial charge in [0.15, 0.2) is 18.4 Å². The first kappa shape index (κ1) is 23.5. The van der Waals surface area contributed by atoms with Crippen LogP contribution in [0.5, 0.6) is 5.75 Å². The lowest BCUT2D eigenvalue weighted by Crippen LogP contribution is -2.52. The van der Waals surface area contributed by atoms with Gasteiger partial charge in [-0.1, -0.05) is 0 Å². The van der Waals surface area contributed by atoms with Gasteiger partial charge in [-0.05, 0) is 19.8 Å². The molecule has 0 unspecified atom stereocenters. The minimum absolute atomic E-state index is 0.100. The Kier molecular flexibility index (Phi) is 7.04. The SMILES string of the molecule is CCOC(=O)[C@@H]1COC(=O)N1C1CCN(C(=O)COc2c(F)c(F)c(F)c(F)c2F)CC1. The van der Waals surface area contributed by atoms with Crippen LogP contribution in [-0.4, -0.2) is 72.8 Å². The number of cyclic esters (lactones) is 1. The van der Waals surface area contributed by atoms with E-state index in [1.165, 1.54) is 9.80 Å². The van der Waals surface area contributed by atoms with Gasteiger partial charge in [0.2, 0.25) is 29.1 Å². The maximum absolute atomic E-state index is 13.7. The first-order valence-electron chi connectivity index (χ1n) is 9.71. The predicted molar refractivity (Wildman–Crippen MR) is 94.9 cm³/mol. The van der Waals surface area contributed by atoms with Gasteiger partial charge in [0.1, 0.15) is 6.61 Å². The highest BCUT2D eigenvalue weighted by Crippen LogP contribution is 2.29. The fourth-order valence-electron chi connectivity index (χ4n) is 3.59. The van der Waals surface area contributed by atoms with E-state index < -0.39 is 71.5 Å². The summed E-state index contributed by atoms with van der Waals surface area (Å²) in [4.78, 5) is 38.9. The van der Waals surface area contributed by atoms with E-state index in [4.69, 9.17) is 9.47 Å². The number of rotatable bonds is 6. The topological polar surface area (TPSA) is 85.4 Å². The monoisotopic (exact) mass is 466 g/mol. The number of carbonyl (C=O) groups is 3. The van der Waals surface area contributed by atoms with Crippen LogP contribution >= 0.6 is 0 Å². The summed E-state index contributed by atoms with van der Waals surface area (Å²) in [6.07, 6.45) is -0.152. The summed E-state index contributed by atoms with van der Waals surface area (Å²) in [7, 11) is 0. The number of benzene rings is 1. The van der Waals surface area contributed by atoms with Gasteiger partial charge >= 0.3 is 12.1 Å². The summed E-state index contributed by atoms with van der Waals surface area (Å²) in [6.45, 7) is 0.852. The van der Waals surface area contributed by atoms with E-state index >= 15 is 0 Å². The van der Waals surface area contributed by atoms with E-state index in [0.29, 0.717) is 0 Å². The number of ether oxygens (including phenoxy) is 3. The average molecular weight is 466 g/mol. The molecule has 8 nitrogen and oxygen atoms in total. The Labute approximate surface area is 178 Å². The molecule has 0 radical (unpaired) electrons. The van der Waals surface area contributed by atoms with E-state index in [-0.39, 0.29) is 39.1 Å². The third-order valence-electron chi connectivity index (χ3n) is 5.19. The molecule has 0 saturated carbocycles. The van der Waals surface area contributed by atoms with E-state index in [9.17, 15) is 36.3 Å². The van der Waals surface area contributed by atoms with Gasteiger partial charge in [0.25, 0.3) is 5.91 Å². The molecule has 1 aromatic carbocycles. The Morgan fingerprint density at radius 3 is 2.12 bits per heavy atom. The second kappa shape index (κ2) is 9.57. The summed E-state index contributed by atoms with van der Waals surface area (Å²) < 4.78 is 81.3. The Morgan fingerprint density at radius 2 is 1.56 bits per heavy atom. The van der Waals surface area contributed by atoms with Crippen molar-refractivity contribution in [1.82, 2.24) is 9.80 Å². The highest BCUT2D eigenvalue weighted by atomic mass is 19.2. The first-order valence-corrected chi connectivity index (χ1v) is 9.71. The van der Waals surface area contributed by atoms with Crippen molar-refractivity contribution in [3.63, 3.8) is 0 Å². The van der Waals surface area contributed by atoms with Crippen LogP contribution in [0.25, 0.3) is 0 Å². The van der Waals surface area contributed by atoms with Crippen LogP contribution in [0.3, 0.4) is 0 Å². The Morgan fingerprint density at radius 1 is 1.00 bits per heavy atom. The first-order chi connectivity index (χ1) is 15.2. The van der Waals surface area contributed by atoms with Crippen molar-refractivity contribution in [3.8, 4) is 5.75 Å². The number of carbonyl (C=O) groups excluding carboxylic acids is 3. The second-order valence-corrected chi connectivity index (χ2v) is 7.05. The Bertz CT molecular complexity index is 893. The summed E-state index contributed by atoms with van der Waals surface area (Å²) in [6, 6.07) is -1.31. The molecule has 0 N–H and O–H groups in total. The Balaban J connectivity index is 1.58. The fraction of sp³-hybridized carbons (Fsp3) is 0.526. The minimum Gasteiger partial charge on any atom is -0.477 e. The highest BCUT2D eigenvalue weighted by Gasteiger charge is 2.44. The van der Waals surface area contributed by atoms with Crippen LogP contribution in [0, 0.1) is 29.1 Å². The minimum atomic E-state index is -2.33. The standard InChI is InChI=1S/C19H19F5N2O6/c1-2-30-18(28)10-7-32-19(29)26(10)9-3-5-25(6-4-9)11(27)8-31-17-15(23)13(21)12(20)14(22)16(17)24/h9-10H,2-8H2,1H3/t10-/m0/s1. The highest BCUT2D eigenvalue weighted by molar-refractivity contribution is 5.84. The van der Waals surface area contributed by atoms with Crippen LogP contribution in [0.4, 0.5) is 26.7 Å². The molecule has 0 aromatic heterocycles. The summed E-state index contributed by atoms with van der Waals surface area (Å²) >= 11 is 0. The largest absolute Gasteiger partial charge is 0.477 e. The Hall–Kier alpha value is -3.12. The van der Waals surface area contributed by atoms with Crippen molar-refractivity contribution in [1.29, 1.82) is 0 Å². The molecule has 0 spiro atoms. The van der Waals surface area contributed by atoms with E-state index in [2.05, 4.69) is 4.74 Å². The second-order valence-electron chi connectivity index (χ2n) is 7.05. The average Bonchev–Trinajstić information content (AvgIpc) is 3.18. The van der Waals surface area contributed by atoms with Gasteiger partial charge in [-0.25, -0.2) is 22.8 Å². The molecular weight excluding hydrogens is 447 g/mol. The van der Waals surface area contributed by atoms with Crippen LogP contribution in [-0.2, 0) is 19.1 Å². The number of piperidine rings is 1. The molecule has 2 aliphatic heterocycles. The number of halogens is 5. The molecule has 2 heterocycles. The number of hydrogen-bond donors (Lipinski definition) is 0. The molecule has 2 aliphatic rings. The van der Waals surface area contributed by atoms with Crippen LogP contribution < -0.4 is 4.74 Å². The van der Waals surface area contributed by atoms with Gasteiger partial charge in [0, 0.05) is 19.1 Å². The van der Waals surface area contributed by atoms with E-state index in [1.54, 1.807) is 6.92 Å². The lowest BCUT2D eigenvalue weighted by atomic mass is 10.0. The molecule has 13 heteroatoms. The quantitative estimate of drug-likeness (QED) is 0.277. The van der Waals surface area contributed by atoms with Crippen LogP contribution in [0.1, 0.15) is 19.8 Å². The van der Waals surface area contributed by atoms with Crippen molar-refractivity contribution in [2.24, 2.45) is 0 Å². The molecule has 1 aromatic rings. The smallest absolute Gasteiger partial charge is 0.410 e. The maximum atomic E-state index is 13.7. The third-order valence-corrected chi connectivity index (χ3v) is 5.19. The summed E-state index contributed by atoms with van der Waals surface area (Å²) in [5.41, 5.74) is 0. The molecule has 3 rings (SSSR count). The zero-order valence-electron chi connectivity index (χ0n) is 16.8. The van der Waals surface area contributed by atoms with E-state index in [1.807, 2.05) is 0 Å². The number of amides is 2. The fourth-order valence-corrected chi connectivity index (χ4v) is 3.59. The zero-order chi connectivity index (χ0) is 23.6. The number of likely N-dealkylation sites (tertiary alicyclic amines) is 1. The molecule has 176 valence electrons. The van der Waals surface area contributed by atoms with Gasteiger partial charge in [-0.15, -0.1) is 0 Å². The molecule has 1 atom stereocenters. The van der Waals surface area contributed by atoms with Gasteiger partial charge < -0.3 is 19.1 Å². The van der Waals surface area contributed by atoms with Gasteiger partial charge in [0.05, 0.1) is 6.61 Å². The molecule has 2 amide bonds. The van der Waals surface area contributed by atoms with Gasteiger partial charge in [-0.3, -0.25) is 9.69 Å². The summed E-state index contributed by atoms with van der Waals surface area (Å²) in [5, 5.41) is 0. The molecule has 32 heavy (non-hydrogen) atoms. The van der Waals surface area contributed by atoms with Crippen LogP contribution in [0.15, 0.2) is 0 Å². The number of nitrogens with zero attached hydrogens (tertiary/aromatic N) is 2.